The van der Waals surface area contributed by atoms with Crippen molar-refractivity contribution in [3.05, 3.63) is 35.9 Å². The van der Waals surface area contributed by atoms with Crippen molar-refractivity contribution in [3.8, 4) is 0 Å². The van der Waals surface area contributed by atoms with Crippen LogP contribution in [0.15, 0.2) is 30.3 Å². The van der Waals surface area contributed by atoms with Gasteiger partial charge in [0, 0.05) is 6.61 Å². The molecule has 0 N–H and O–H groups in total. The molecule has 1 aromatic carbocycles. The molecule has 0 spiro atoms. The monoisotopic (exact) mass is 283 g/mol. The molecule has 0 heterocycles. The minimum atomic E-state index is -1.64. The molecule has 0 aromatic heterocycles. The third-order valence-corrected chi connectivity index (χ3v) is 4.04. The Morgan fingerprint density at radius 2 is 2.00 bits per heavy atom. The Labute approximate surface area is 115 Å². The molecule has 2 unspecified atom stereocenters. The van der Waals surface area contributed by atoms with Crippen LogP contribution in [0.5, 0.6) is 0 Å². The van der Waals surface area contributed by atoms with Crippen molar-refractivity contribution in [2.24, 2.45) is 0 Å². The first-order valence-electron chi connectivity index (χ1n) is 6.33. The first kappa shape index (κ1) is 16.0. The Hall–Kier alpha value is -1.09. The van der Waals surface area contributed by atoms with Crippen LogP contribution in [-0.2, 0) is 24.2 Å². The lowest BCUT2D eigenvalue weighted by atomic mass is 9.90. The van der Waals surface area contributed by atoms with Gasteiger partial charge in [0.15, 0.2) is 12.4 Å². The van der Waals surface area contributed by atoms with Gasteiger partial charge in [0.05, 0.1) is 7.11 Å². The van der Waals surface area contributed by atoms with Crippen LogP contribution in [0.4, 0.5) is 0 Å². The van der Waals surface area contributed by atoms with Gasteiger partial charge in [-0.25, -0.2) is 0 Å². The molecular formula is C14H20O4P+. The van der Waals surface area contributed by atoms with E-state index in [-0.39, 0.29) is 0 Å². The lowest BCUT2D eigenvalue weighted by Gasteiger charge is -2.28. The molecule has 0 aliphatic rings. The van der Waals surface area contributed by atoms with E-state index in [1.807, 2.05) is 37.3 Å². The number of carbonyl (C=O) groups excluding carboxylic acids is 1. The molecule has 0 bridgehead atoms. The van der Waals surface area contributed by atoms with Gasteiger partial charge in [-0.3, -0.25) is 4.79 Å². The molecule has 5 heteroatoms. The SMILES string of the molecule is CCOC(C=O)(CCC[P+](=O)OC)c1ccccc1. The van der Waals surface area contributed by atoms with Crippen LogP contribution >= 0.6 is 8.03 Å². The zero-order valence-electron chi connectivity index (χ0n) is 11.4. The third-order valence-electron chi connectivity index (χ3n) is 2.95. The highest BCUT2D eigenvalue weighted by Crippen LogP contribution is 2.31. The van der Waals surface area contributed by atoms with E-state index >= 15 is 0 Å². The molecule has 0 saturated heterocycles. The van der Waals surface area contributed by atoms with Crippen molar-refractivity contribution < 1.29 is 18.6 Å². The summed E-state index contributed by atoms with van der Waals surface area (Å²) >= 11 is 0. The van der Waals surface area contributed by atoms with Crippen LogP contribution in [0.3, 0.4) is 0 Å². The Kier molecular flexibility index (Phi) is 6.85. The van der Waals surface area contributed by atoms with Crippen LogP contribution in [0, 0.1) is 0 Å². The van der Waals surface area contributed by atoms with E-state index in [1.54, 1.807) is 0 Å². The van der Waals surface area contributed by atoms with Crippen molar-refractivity contribution in [1.29, 1.82) is 0 Å². The van der Waals surface area contributed by atoms with Gasteiger partial charge in [0.2, 0.25) is 0 Å². The average Bonchev–Trinajstić information content (AvgIpc) is 2.47. The third kappa shape index (κ3) is 4.50. The Morgan fingerprint density at radius 3 is 2.53 bits per heavy atom. The maximum atomic E-state index is 11.5. The summed E-state index contributed by atoms with van der Waals surface area (Å²) in [5.74, 6) is 0. The van der Waals surface area contributed by atoms with E-state index in [4.69, 9.17) is 9.26 Å². The van der Waals surface area contributed by atoms with Crippen LogP contribution in [-0.4, -0.2) is 26.2 Å². The summed E-state index contributed by atoms with van der Waals surface area (Å²) in [5.41, 5.74) is -0.112. The normalized spacial score (nSPS) is 14.7. The highest BCUT2D eigenvalue weighted by molar-refractivity contribution is 7.39. The van der Waals surface area contributed by atoms with Gasteiger partial charge in [0.25, 0.3) is 0 Å². The first-order valence-corrected chi connectivity index (χ1v) is 7.69. The van der Waals surface area contributed by atoms with E-state index < -0.39 is 13.6 Å². The summed E-state index contributed by atoms with van der Waals surface area (Å²) in [6.07, 6.45) is 2.38. The molecule has 0 saturated carbocycles. The Morgan fingerprint density at radius 1 is 1.32 bits per heavy atom. The smallest absolute Gasteiger partial charge is 0.363 e. The summed E-state index contributed by atoms with van der Waals surface area (Å²) in [7, 11) is -0.214. The number of hydrogen-bond acceptors (Lipinski definition) is 4. The Bertz CT molecular complexity index is 407. The van der Waals surface area contributed by atoms with E-state index in [9.17, 15) is 9.36 Å². The summed E-state index contributed by atoms with van der Waals surface area (Å²) < 4.78 is 21.7. The van der Waals surface area contributed by atoms with Gasteiger partial charge in [-0.05, 0) is 29.9 Å². The largest absolute Gasteiger partial charge is 0.507 e. The number of ether oxygens (including phenoxy) is 1. The number of hydrogen-bond donors (Lipinski definition) is 0. The number of benzene rings is 1. The van der Waals surface area contributed by atoms with Crippen molar-refractivity contribution in [2.45, 2.75) is 25.4 Å². The van der Waals surface area contributed by atoms with Gasteiger partial charge in [-0.2, -0.15) is 0 Å². The highest BCUT2D eigenvalue weighted by atomic mass is 31.1. The van der Waals surface area contributed by atoms with Crippen LogP contribution in [0.1, 0.15) is 25.3 Å². The molecule has 0 radical (unpaired) electrons. The minimum absolute atomic E-state index is 0.432. The maximum Gasteiger partial charge on any atom is 0.507 e. The zero-order chi connectivity index (χ0) is 14.1. The number of rotatable bonds is 9. The summed E-state index contributed by atoms with van der Waals surface area (Å²) in [6.45, 7) is 2.31. The summed E-state index contributed by atoms with van der Waals surface area (Å²) in [6, 6.07) is 9.40. The average molecular weight is 283 g/mol. The number of carbonyl (C=O) groups is 1. The minimum Gasteiger partial charge on any atom is -0.363 e. The van der Waals surface area contributed by atoms with Crippen LogP contribution in [0.2, 0.25) is 0 Å². The molecule has 0 aliphatic carbocycles. The van der Waals surface area contributed by atoms with E-state index in [0.29, 0.717) is 25.6 Å². The van der Waals surface area contributed by atoms with Crippen LogP contribution in [0.25, 0.3) is 0 Å². The molecule has 19 heavy (non-hydrogen) atoms. The number of aldehydes is 1. The molecule has 1 rings (SSSR count). The van der Waals surface area contributed by atoms with Gasteiger partial charge in [0.1, 0.15) is 5.60 Å². The molecule has 0 aliphatic heterocycles. The van der Waals surface area contributed by atoms with Crippen molar-refractivity contribution >= 4 is 14.3 Å². The van der Waals surface area contributed by atoms with Gasteiger partial charge >= 0.3 is 8.03 Å². The lowest BCUT2D eigenvalue weighted by molar-refractivity contribution is -0.133. The van der Waals surface area contributed by atoms with Crippen molar-refractivity contribution in [3.63, 3.8) is 0 Å². The molecule has 2 atom stereocenters. The predicted molar refractivity (Wildman–Crippen MR) is 74.5 cm³/mol. The van der Waals surface area contributed by atoms with Crippen molar-refractivity contribution in [2.75, 3.05) is 19.9 Å². The highest BCUT2D eigenvalue weighted by Gasteiger charge is 2.33. The van der Waals surface area contributed by atoms with E-state index in [0.717, 1.165) is 11.8 Å². The van der Waals surface area contributed by atoms with Crippen LogP contribution < -0.4 is 0 Å². The maximum absolute atomic E-state index is 11.5. The second kappa shape index (κ2) is 8.16. The zero-order valence-corrected chi connectivity index (χ0v) is 12.3. The fourth-order valence-corrected chi connectivity index (χ4v) is 2.60. The lowest BCUT2D eigenvalue weighted by Crippen LogP contribution is -2.32. The van der Waals surface area contributed by atoms with Gasteiger partial charge < -0.3 is 4.74 Å². The van der Waals surface area contributed by atoms with E-state index in [2.05, 4.69) is 0 Å². The predicted octanol–water partition coefficient (Wildman–Crippen LogP) is 3.29. The topological polar surface area (TPSA) is 52.6 Å². The Balaban J connectivity index is 2.81. The first-order chi connectivity index (χ1) is 9.18. The fraction of sp³-hybridized carbons (Fsp3) is 0.500. The molecule has 1 aromatic rings. The molecule has 104 valence electrons. The standard InChI is InChI=1S/C14H20O4P/c1-3-18-14(12-15,10-7-11-19(16)17-2)13-8-5-4-6-9-13/h4-6,8-9,12H,3,7,10-11H2,1-2H3/q+1. The summed E-state index contributed by atoms with van der Waals surface area (Å²) in [5, 5.41) is 0. The second-order valence-electron chi connectivity index (χ2n) is 4.15. The quantitative estimate of drug-likeness (QED) is 0.515. The molecule has 4 nitrogen and oxygen atoms in total. The van der Waals surface area contributed by atoms with Crippen molar-refractivity contribution in [1.82, 2.24) is 0 Å². The van der Waals surface area contributed by atoms with Gasteiger partial charge in [-0.1, -0.05) is 30.3 Å². The molecule has 0 amide bonds. The second-order valence-corrected chi connectivity index (χ2v) is 5.63. The fourth-order valence-electron chi connectivity index (χ4n) is 2.00. The van der Waals surface area contributed by atoms with Gasteiger partial charge in [-0.15, -0.1) is 4.52 Å². The summed E-state index contributed by atoms with van der Waals surface area (Å²) in [4.78, 5) is 11.5. The van der Waals surface area contributed by atoms with E-state index in [1.165, 1.54) is 7.11 Å². The molecule has 0 fully saturated rings. The molecular weight excluding hydrogens is 263 g/mol.